The number of nitrogens with one attached hydrogen (secondary N) is 2. The van der Waals surface area contributed by atoms with E-state index in [2.05, 4.69) is 36.6 Å². The van der Waals surface area contributed by atoms with Crippen LogP contribution in [-0.4, -0.2) is 19.2 Å². The van der Waals surface area contributed by atoms with Gasteiger partial charge >= 0.3 is 6.03 Å². The van der Waals surface area contributed by atoms with E-state index in [-0.39, 0.29) is 24.0 Å². The maximum absolute atomic E-state index is 12.9. The van der Waals surface area contributed by atoms with E-state index >= 15 is 0 Å². The van der Waals surface area contributed by atoms with E-state index in [0.717, 1.165) is 29.9 Å². The lowest BCUT2D eigenvalue weighted by molar-refractivity contribution is 0.171. The molecule has 1 fully saturated rings. The Labute approximate surface area is 166 Å². The number of hydrogen-bond acceptors (Lipinski definition) is 3. The summed E-state index contributed by atoms with van der Waals surface area (Å²) in [5, 5.41) is 6.38. The standard InChI is InChI=1S/C23H28N2O3/c1-15(2)21(18-10-11-19-20(14-18)28-13-12-27-19)24-23(26)25-22(17-8-9-17)16-6-4-3-5-7-16/h3-7,10-11,14-15,17,21-22H,8-9,12-13H2,1-2H3,(H2,24,25,26)/t21-,22-/m1/s1. The largest absolute Gasteiger partial charge is 0.486 e. The first-order valence-corrected chi connectivity index (χ1v) is 10.1. The summed E-state index contributed by atoms with van der Waals surface area (Å²) in [6, 6.07) is 16.0. The fourth-order valence-electron chi connectivity index (χ4n) is 3.78. The van der Waals surface area contributed by atoms with Crippen LogP contribution in [0.15, 0.2) is 48.5 Å². The van der Waals surface area contributed by atoms with Crippen LogP contribution in [0.2, 0.25) is 0 Å². The molecule has 1 saturated carbocycles. The van der Waals surface area contributed by atoms with Gasteiger partial charge in [-0.25, -0.2) is 4.79 Å². The highest BCUT2D eigenvalue weighted by molar-refractivity contribution is 5.75. The van der Waals surface area contributed by atoms with E-state index in [4.69, 9.17) is 9.47 Å². The number of urea groups is 1. The molecule has 4 rings (SSSR count). The van der Waals surface area contributed by atoms with E-state index in [1.807, 2.05) is 36.4 Å². The van der Waals surface area contributed by atoms with E-state index in [9.17, 15) is 4.79 Å². The molecule has 2 atom stereocenters. The molecule has 2 N–H and O–H groups in total. The molecule has 0 spiro atoms. The van der Waals surface area contributed by atoms with Gasteiger partial charge in [0.05, 0.1) is 12.1 Å². The van der Waals surface area contributed by atoms with E-state index in [1.54, 1.807) is 0 Å². The predicted molar refractivity (Wildman–Crippen MR) is 109 cm³/mol. The van der Waals surface area contributed by atoms with Gasteiger partial charge in [0, 0.05) is 0 Å². The van der Waals surface area contributed by atoms with Crippen LogP contribution >= 0.6 is 0 Å². The molecule has 2 aromatic carbocycles. The molecule has 0 radical (unpaired) electrons. The highest BCUT2D eigenvalue weighted by Crippen LogP contribution is 2.41. The SMILES string of the molecule is CC(C)[C@@H](NC(=O)N[C@H](c1ccccc1)C1CC1)c1ccc2c(c1)OCCO2. The summed E-state index contributed by atoms with van der Waals surface area (Å²) in [5.41, 5.74) is 2.19. The fraction of sp³-hybridized carbons (Fsp3) is 0.435. The summed E-state index contributed by atoms with van der Waals surface area (Å²) < 4.78 is 11.3. The van der Waals surface area contributed by atoms with Crippen molar-refractivity contribution in [2.75, 3.05) is 13.2 Å². The number of fused-ring (bicyclic) bond motifs is 1. The highest BCUT2D eigenvalue weighted by atomic mass is 16.6. The van der Waals surface area contributed by atoms with Crippen LogP contribution in [-0.2, 0) is 0 Å². The average Bonchev–Trinajstić information content (AvgIpc) is 3.55. The van der Waals surface area contributed by atoms with Gasteiger partial charge in [0.15, 0.2) is 11.5 Å². The molecule has 0 saturated heterocycles. The molecule has 5 nitrogen and oxygen atoms in total. The third-order valence-electron chi connectivity index (χ3n) is 5.42. The number of amides is 2. The van der Waals surface area contributed by atoms with Crippen LogP contribution in [0.3, 0.4) is 0 Å². The van der Waals surface area contributed by atoms with E-state index in [0.29, 0.717) is 19.1 Å². The van der Waals surface area contributed by atoms with Crippen molar-refractivity contribution in [2.24, 2.45) is 11.8 Å². The van der Waals surface area contributed by atoms with Crippen LogP contribution in [0, 0.1) is 11.8 Å². The van der Waals surface area contributed by atoms with Gasteiger partial charge in [-0.1, -0.05) is 50.2 Å². The van der Waals surface area contributed by atoms with Crippen molar-refractivity contribution in [3.63, 3.8) is 0 Å². The smallest absolute Gasteiger partial charge is 0.315 e. The van der Waals surface area contributed by atoms with Crippen LogP contribution < -0.4 is 20.1 Å². The van der Waals surface area contributed by atoms with Crippen molar-refractivity contribution in [1.82, 2.24) is 10.6 Å². The van der Waals surface area contributed by atoms with Crippen LogP contribution in [0.5, 0.6) is 11.5 Å². The Bertz CT molecular complexity index is 818. The first-order valence-electron chi connectivity index (χ1n) is 10.1. The molecular weight excluding hydrogens is 352 g/mol. The van der Waals surface area contributed by atoms with Crippen molar-refractivity contribution in [3.8, 4) is 11.5 Å². The van der Waals surface area contributed by atoms with Crippen molar-refractivity contribution < 1.29 is 14.3 Å². The third-order valence-corrected chi connectivity index (χ3v) is 5.42. The Morgan fingerprint density at radius 1 is 0.929 bits per heavy atom. The van der Waals surface area contributed by atoms with Crippen molar-refractivity contribution in [1.29, 1.82) is 0 Å². The zero-order valence-corrected chi connectivity index (χ0v) is 16.5. The number of carbonyl (C=O) groups excluding carboxylic acids is 1. The molecule has 1 aliphatic heterocycles. The van der Waals surface area contributed by atoms with Crippen LogP contribution in [0.1, 0.15) is 49.9 Å². The second kappa shape index (κ2) is 8.13. The molecule has 2 aromatic rings. The maximum Gasteiger partial charge on any atom is 0.315 e. The molecule has 1 heterocycles. The number of rotatable bonds is 6. The zero-order chi connectivity index (χ0) is 19.5. The van der Waals surface area contributed by atoms with Gasteiger partial charge in [0.25, 0.3) is 0 Å². The van der Waals surface area contributed by atoms with Gasteiger partial charge in [0.2, 0.25) is 0 Å². The summed E-state index contributed by atoms with van der Waals surface area (Å²) in [7, 11) is 0. The van der Waals surface area contributed by atoms with Gasteiger partial charge in [0.1, 0.15) is 13.2 Å². The number of hydrogen-bond donors (Lipinski definition) is 2. The van der Waals surface area contributed by atoms with Gasteiger partial charge < -0.3 is 20.1 Å². The molecule has 2 amide bonds. The molecule has 0 bridgehead atoms. The van der Waals surface area contributed by atoms with Crippen LogP contribution in [0.4, 0.5) is 4.79 Å². The summed E-state index contributed by atoms with van der Waals surface area (Å²) in [6.45, 7) is 5.34. The minimum Gasteiger partial charge on any atom is -0.486 e. The van der Waals surface area contributed by atoms with Crippen molar-refractivity contribution in [3.05, 3.63) is 59.7 Å². The van der Waals surface area contributed by atoms with Crippen LogP contribution in [0.25, 0.3) is 0 Å². The third kappa shape index (κ3) is 4.24. The Morgan fingerprint density at radius 3 is 2.32 bits per heavy atom. The molecule has 0 aromatic heterocycles. The van der Waals surface area contributed by atoms with Gasteiger partial charge in [-0.15, -0.1) is 0 Å². The average molecular weight is 380 g/mol. The maximum atomic E-state index is 12.9. The van der Waals surface area contributed by atoms with Crippen molar-refractivity contribution in [2.45, 2.75) is 38.8 Å². The molecule has 1 aliphatic carbocycles. The lowest BCUT2D eigenvalue weighted by Gasteiger charge is -2.27. The monoisotopic (exact) mass is 380 g/mol. The summed E-state index contributed by atoms with van der Waals surface area (Å²) >= 11 is 0. The topological polar surface area (TPSA) is 59.6 Å². The summed E-state index contributed by atoms with van der Waals surface area (Å²) in [4.78, 5) is 12.9. The molecular formula is C23H28N2O3. The number of benzene rings is 2. The lowest BCUT2D eigenvalue weighted by atomic mass is 9.95. The highest BCUT2D eigenvalue weighted by Gasteiger charge is 2.34. The minimum absolute atomic E-state index is 0.0641. The first-order chi connectivity index (χ1) is 13.6. The molecule has 148 valence electrons. The minimum atomic E-state index is -0.130. The Morgan fingerprint density at radius 2 is 1.64 bits per heavy atom. The molecule has 28 heavy (non-hydrogen) atoms. The van der Waals surface area contributed by atoms with Gasteiger partial charge in [-0.05, 0) is 47.9 Å². The second-order valence-corrected chi connectivity index (χ2v) is 7.97. The normalized spacial score (nSPS) is 17.7. The van der Waals surface area contributed by atoms with E-state index in [1.165, 1.54) is 5.56 Å². The number of ether oxygens (including phenoxy) is 2. The Hall–Kier alpha value is -2.69. The fourth-order valence-corrected chi connectivity index (χ4v) is 3.78. The first kappa shape index (κ1) is 18.7. The molecule has 2 aliphatic rings. The Kier molecular flexibility index (Phi) is 5.42. The molecule has 0 unspecified atom stereocenters. The van der Waals surface area contributed by atoms with Gasteiger partial charge in [-0.2, -0.15) is 0 Å². The second-order valence-electron chi connectivity index (χ2n) is 7.97. The summed E-state index contributed by atoms with van der Waals surface area (Å²) in [6.07, 6.45) is 2.32. The van der Waals surface area contributed by atoms with Crippen molar-refractivity contribution >= 4 is 6.03 Å². The van der Waals surface area contributed by atoms with E-state index < -0.39 is 0 Å². The summed E-state index contributed by atoms with van der Waals surface area (Å²) in [5.74, 6) is 2.28. The Balaban J connectivity index is 1.48. The zero-order valence-electron chi connectivity index (χ0n) is 16.5. The quantitative estimate of drug-likeness (QED) is 0.770. The predicted octanol–water partition coefficient (Wildman–Crippen LogP) is 4.61. The number of carbonyl (C=O) groups is 1. The van der Waals surface area contributed by atoms with Gasteiger partial charge in [-0.3, -0.25) is 0 Å². The lowest BCUT2D eigenvalue weighted by Crippen LogP contribution is -2.42. The molecule has 5 heteroatoms.